The van der Waals surface area contributed by atoms with Crippen molar-refractivity contribution in [1.29, 1.82) is 5.26 Å². The molecular formula is C14H14NO4-. The zero-order valence-electron chi connectivity index (χ0n) is 11.0. The molecule has 0 atom stereocenters. The summed E-state index contributed by atoms with van der Waals surface area (Å²) in [6, 6.07) is 6.46. The van der Waals surface area contributed by atoms with Gasteiger partial charge in [-0.1, -0.05) is 6.07 Å². The Morgan fingerprint density at radius 2 is 2.11 bits per heavy atom. The van der Waals surface area contributed by atoms with Crippen molar-refractivity contribution in [2.45, 2.75) is 20.0 Å². The number of carboxylic acid groups (broad SMARTS) is 1. The monoisotopic (exact) mass is 260 g/mol. The molecular weight excluding hydrogens is 246 g/mol. The first-order valence-corrected chi connectivity index (χ1v) is 5.65. The molecule has 0 amide bonds. The standard InChI is InChI=1S/C14H15NO4/c1-9(2)19-12-5-4-10(7-13(12)18-3)6-11(8-15)14(16)17/h4-7,9H,1-3H3,(H,16,17)/p-1/b11-6+. The highest BCUT2D eigenvalue weighted by Crippen LogP contribution is 2.29. The number of carbonyl (C=O) groups is 1. The summed E-state index contributed by atoms with van der Waals surface area (Å²) in [6.07, 6.45) is 1.21. The number of nitrogens with zero attached hydrogens (tertiary/aromatic N) is 1. The predicted octanol–water partition coefficient (Wildman–Crippen LogP) is 1.14. The summed E-state index contributed by atoms with van der Waals surface area (Å²) in [6.45, 7) is 3.77. The molecule has 19 heavy (non-hydrogen) atoms. The summed E-state index contributed by atoms with van der Waals surface area (Å²) < 4.78 is 10.7. The molecule has 100 valence electrons. The molecule has 0 heterocycles. The van der Waals surface area contributed by atoms with Crippen LogP contribution in [0.1, 0.15) is 19.4 Å². The van der Waals surface area contributed by atoms with Gasteiger partial charge >= 0.3 is 0 Å². The van der Waals surface area contributed by atoms with Gasteiger partial charge in [-0.15, -0.1) is 0 Å². The van der Waals surface area contributed by atoms with E-state index in [1.807, 2.05) is 13.8 Å². The zero-order valence-corrected chi connectivity index (χ0v) is 11.0. The summed E-state index contributed by atoms with van der Waals surface area (Å²) in [4.78, 5) is 10.6. The minimum absolute atomic E-state index is 0.00631. The molecule has 0 saturated heterocycles. The van der Waals surface area contributed by atoms with E-state index in [0.717, 1.165) is 0 Å². The van der Waals surface area contributed by atoms with Gasteiger partial charge in [0.1, 0.15) is 6.07 Å². The van der Waals surface area contributed by atoms with Gasteiger partial charge in [0, 0.05) is 0 Å². The van der Waals surface area contributed by atoms with Crippen LogP contribution in [0.25, 0.3) is 6.08 Å². The topological polar surface area (TPSA) is 82.4 Å². The first-order chi connectivity index (χ1) is 8.97. The number of ether oxygens (including phenoxy) is 2. The van der Waals surface area contributed by atoms with Crippen molar-refractivity contribution in [2.24, 2.45) is 0 Å². The van der Waals surface area contributed by atoms with Crippen LogP contribution in [0, 0.1) is 11.3 Å². The number of carboxylic acids is 1. The smallest absolute Gasteiger partial charge is 0.161 e. The van der Waals surface area contributed by atoms with Crippen LogP contribution in [-0.2, 0) is 4.79 Å². The minimum atomic E-state index is -1.51. The van der Waals surface area contributed by atoms with Gasteiger partial charge in [-0.3, -0.25) is 0 Å². The fourth-order valence-electron chi connectivity index (χ4n) is 1.43. The highest BCUT2D eigenvalue weighted by Gasteiger charge is 2.07. The maximum absolute atomic E-state index is 10.6. The average molecular weight is 260 g/mol. The lowest BCUT2D eigenvalue weighted by atomic mass is 10.1. The first kappa shape index (κ1) is 14.6. The average Bonchev–Trinajstić information content (AvgIpc) is 2.36. The van der Waals surface area contributed by atoms with Crippen LogP contribution in [0.5, 0.6) is 11.5 Å². The van der Waals surface area contributed by atoms with E-state index >= 15 is 0 Å². The Kier molecular flexibility index (Phi) is 4.95. The van der Waals surface area contributed by atoms with Crippen LogP contribution in [0.15, 0.2) is 23.8 Å². The van der Waals surface area contributed by atoms with E-state index in [9.17, 15) is 9.90 Å². The van der Waals surface area contributed by atoms with Crippen molar-refractivity contribution in [3.8, 4) is 17.6 Å². The molecule has 1 aromatic carbocycles. The van der Waals surface area contributed by atoms with Gasteiger partial charge in [0.15, 0.2) is 11.5 Å². The second-order valence-corrected chi connectivity index (χ2v) is 4.03. The maximum Gasteiger partial charge on any atom is 0.161 e. The predicted molar refractivity (Wildman–Crippen MR) is 67.4 cm³/mol. The van der Waals surface area contributed by atoms with Gasteiger partial charge < -0.3 is 19.4 Å². The number of hydrogen-bond donors (Lipinski definition) is 0. The van der Waals surface area contributed by atoms with E-state index in [1.165, 1.54) is 13.2 Å². The molecule has 0 aliphatic heterocycles. The largest absolute Gasteiger partial charge is 0.544 e. The highest BCUT2D eigenvalue weighted by molar-refractivity contribution is 5.95. The maximum atomic E-state index is 10.6. The molecule has 0 fully saturated rings. The molecule has 5 heteroatoms. The lowest BCUT2D eigenvalue weighted by Crippen LogP contribution is -2.23. The molecule has 0 saturated carbocycles. The van der Waals surface area contributed by atoms with Crippen molar-refractivity contribution in [3.05, 3.63) is 29.3 Å². The minimum Gasteiger partial charge on any atom is -0.544 e. The Morgan fingerprint density at radius 1 is 1.42 bits per heavy atom. The Balaban J connectivity index is 3.14. The Hall–Kier alpha value is -2.48. The number of benzene rings is 1. The second kappa shape index (κ2) is 6.45. The first-order valence-electron chi connectivity index (χ1n) is 5.65. The van der Waals surface area contributed by atoms with Gasteiger partial charge in [-0.05, 0) is 37.6 Å². The van der Waals surface area contributed by atoms with Crippen molar-refractivity contribution < 1.29 is 19.4 Å². The van der Waals surface area contributed by atoms with Gasteiger partial charge in [0.05, 0.1) is 24.8 Å². The van der Waals surface area contributed by atoms with Crippen LogP contribution < -0.4 is 14.6 Å². The lowest BCUT2D eigenvalue weighted by Gasteiger charge is -2.13. The normalized spacial score (nSPS) is 11.0. The summed E-state index contributed by atoms with van der Waals surface area (Å²) in [5, 5.41) is 19.3. The van der Waals surface area contributed by atoms with E-state index in [2.05, 4.69) is 0 Å². The van der Waals surface area contributed by atoms with E-state index in [4.69, 9.17) is 14.7 Å². The summed E-state index contributed by atoms with van der Waals surface area (Å²) >= 11 is 0. The van der Waals surface area contributed by atoms with Crippen LogP contribution >= 0.6 is 0 Å². The van der Waals surface area contributed by atoms with Crippen molar-refractivity contribution in [2.75, 3.05) is 7.11 Å². The Bertz CT molecular complexity index is 541. The number of rotatable bonds is 5. The summed E-state index contributed by atoms with van der Waals surface area (Å²) in [5.74, 6) is -0.483. The molecule has 5 nitrogen and oxygen atoms in total. The number of hydrogen-bond acceptors (Lipinski definition) is 5. The van der Waals surface area contributed by atoms with Crippen molar-refractivity contribution >= 4 is 12.0 Å². The van der Waals surface area contributed by atoms with E-state index in [1.54, 1.807) is 24.3 Å². The van der Waals surface area contributed by atoms with Crippen molar-refractivity contribution in [3.63, 3.8) is 0 Å². The SMILES string of the molecule is COc1cc(/C=C(\C#N)C(=O)[O-])ccc1OC(C)C. The number of nitriles is 1. The quantitative estimate of drug-likeness (QED) is 0.585. The summed E-state index contributed by atoms with van der Waals surface area (Å²) in [7, 11) is 1.49. The Morgan fingerprint density at radius 3 is 2.58 bits per heavy atom. The number of carbonyl (C=O) groups excluding carboxylic acids is 1. The van der Waals surface area contributed by atoms with Gasteiger partial charge in [0.2, 0.25) is 0 Å². The van der Waals surface area contributed by atoms with Crippen molar-refractivity contribution in [1.82, 2.24) is 0 Å². The van der Waals surface area contributed by atoms with Crippen LogP contribution in [0.2, 0.25) is 0 Å². The molecule has 0 unspecified atom stereocenters. The molecule has 0 aliphatic carbocycles. The highest BCUT2D eigenvalue weighted by atomic mass is 16.5. The van der Waals surface area contributed by atoms with E-state index in [-0.39, 0.29) is 6.10 Å². The molecule has 0 radical (unpaired) electrons. The molecule has 0 bridgehead atoms. The fourth-order valence-corrected chi connectivity index (χ4v) is 1.43. The fraction of sp³-hybridized carbons (Fsp3) is 0.286. The third-order valence-corrected chi connectivity index (χ3v) is 2.20. The van der Waals surface area contributed by atoms with Gasteiger partial charge in [-0.2, -0.15) is 5.26 Å². The lowest BCUT2D eigenvalue weighted by molar-refractivity contribution is -0.298. The number of methoxy groups -OCH3 is 1. The molecule has 0 N–H and O–H groups in total. The molecule has 0 aliphatic rings. The molecule has 0 aromatic heterocycles. The molecule has 1 rings (SSSR count). The van der Waals surface area contributed by atoms with Gasteiger partial charge in [0.25, 0.3) is 0 Å². The van der Waals surface area contributed by atoms with E-state index < -0.39 is 11.5 Å². The molecule has 0 spiro atoms. The van der Waals surface area contributed by atoms with E-state index in [0.29, 0.717) is 17.1 Å². The zero-order chi connectivity index (χ0) is 14.4. The second-order valence-electron chi connectivity index (χ2n) is 4.03. The van der Waals surface area contributed by atoms with Crippen LogP contribution in [-0.4, -0.2) is 19.2 Å². The molecule has 1 aromatic rings. The van der Waals surface area contributed by atoms with Crippen LogP contribution in [0.4, 0.5) is 0 Å². The summed E-state index contributed by atoms with van der Waals surface area (Å²) in [5.41, 5.74) is 0.0771. The Labute approximate surface area is 111 Å². The third-order valence-electron chi connectivity index (χ3n) is 2.20. The van der Waals surface area contributed by atoms with Crippen LogP contribution in [0.3, 0.4) is 0 Å². The third kappa shape index (κ3) is 4.03. The number of aliphatic carboxylic acids is 1. The van der Waals surface area contributed by atoms with Gasteiger partial charge in [-0.25, -0.2) is 0 Å².